The molecule has 0 saturated heterocycles. The Balaban J connectivity index is 2.22. The number of benzene rings is 1. The lowest BCUT2D eigenvalue weighted by molar-refractivity contribution is 0.0416. The van der Waals surface area contributed by atoms with Gasteiger partial charge in [-0.15, -0.1) is 0 Å². The third-order valence-corrected chi connectivity index (χ3v) is 3.15. The number of anilines is 1. The van der Waals surface area contributed by atoms with Gasteiger partial charge in [0.15, 0.2) is 0 Å². The lowest BCUT2D eigenvalue weighted by Crippen LogP contribution is -2.25. The fourth-order valence-electron chi connectivity index (χ4n) is 1.90. The third-order valence-electron chi connectivity index (χ3n) is 3.15. The Hall–Kier alpha value is -1.33. The van der Waals surface area contributed by atoms with Crippen molar-refractivity contribution >= 4 is 5.69 Å². The minimum absolute atomic E-state index is 0.235. The molecule has 2 N–H and O–H groups in total. The number of hydrogen-bond donors (Lipinski definition) is 2. The molecular formula is C16H26FNO3. The standard InChI is InChI=1S/C16H26FNO3/c1-3-4-5-6-9-21-12-13(19)11-18-16-10-14(20-2)7-8-15(16)17/h7-8,10,13,18-19H,3-6,9,11-12H2,1-2H3. The van der Waals surface area contributed by atoms with Gasteiger partial charge in [-0.25, -0.2) is 4.39 Å². The van der Waals surface area contributed by atoms with Gasteiger partial charge in [0.05, 0.1) is 25.5 Å². The molecule has 1 aromatic carbocycles. The summed E-state index contributed by atoms with van der Waals surface area (Å²) in [6.07, 6.45) is 3.90. The Morgan fingerprint density at radius 3 is 2.81 bits per heavy atom. The monoisotopic (exact) mass is 299 g/mol. The van der Waals surface area contributed by atoms with Gasteiger partial charge >= 0.3 is 0 Å². The topological polar surface area (TPSA) is 50.7 Å². The van der Waals surface area contributed by atoms with Crippen LogP contribution in [0, 0.1) is 5.82 Å². The first-order valence-electron chi connectivity index (χ1n) is 7.50. The van der Waals surface area contributed by atoms with Crippen molar-refractivity contribution in [2.24, 2.45) is 0 Å². The Labute approximate surface area is 126 Å². The van der Waals surface area contributed by atoms with E-state index in [9.17, 15) is 9.50 Å². The number of halogens is 1. The van der Waals surface area contributed by atoms with Gasteiger partial charge in [0.2, 0.25) is 0 Å². The molecular weight excluding hydrogens is 273 g/mol. The first-order chi connectivity index (χ1) is 10.2. The zero-order chi connectivity index (χ0) is 15.5. The van der Waals surface area contributed by atoms with Crippen LogP contribution in [0.3, 0.4) is 0 Å². The normalized spacial score (nSPS) is 12.2. The molecule has 0 aromatic heterocycles. The highest BCUT2D eigenvalue weighted by atomic mass is 19.1. The molecule has 0 heterocycles. The molecule has 0 fully saturated rings. The molecule has 1 atom stereocenters. The van der Waals surface area contributed by atoms with Crippen LogP contribution in [0.15, 0.2) is 18.2 Å². The predicted molar refractivity (Wildman–Crippen MR) is 82.4 cm³/mol. The van der Waals surface area contributed by atoms with E-state index in [-0.39, 0.29) is 19.0 Å². The quantitative estimate of drug-likeness (QED) is 0.616. The smallest absolute Gasteiger partial charge is 0.146 e. The van der Waals surface area contributed by atoms with E-state index in [1.54, 1.807) is 12.1 Å². The molecule has 0 spiro atoms. The molecule has 0 aliphatic heterocycles. The largest absolute Gasteiger partial charge is 0.497 e. The van der Waals surface area contributed by atoms with Gasteiger partial charge in [0, 0.05) is 19.2 Å². The average molecular weight is 299 g/mol. The van der Waals surface area contributed by atoms with Gasteiger partial charge in [-0.2, -0.15) is 0 Å². The van der Waals surface area contributed by atoms with Crippen molar-refractivity contribution in [3.05, 3.63) is 24.0 Å². The highest BCUT2D eigenvalue weighted by Crippen LogP contribution is 2.20. The molecule has 0 aliphatic carbocycles. The molecule has 1 aromatic rings. The van der Waals surface area contributed by atoms with E-state index in [0.717, 1.165) is 12.8 Å². The molecule has 21 heavy (non-hydrogen) atoms. The number of nitrogens with one attached hydrogen (secondary N) is 1. The first kappa shape index (κ1) is 17.7. The Kier molecular flexibility index (Phi) is 8.78. The number of hydrogen-bond acceptors (Lipinski definition) is 4. The summed E-state index contributed by atoms with van der Waals surface area (Å²) in [5.74, 6) is 0.198. The van der Waals surface area contributed by atoms with Crippen LogP contribution in [0.1, 0.15) is 32.6 Å². The summed E-state index contributed by atoms with van der Waals surface area (Å²) in [5.41, 5.74) is 0.316. The Morgan fingerprint density at radius 1 is 1.29 bits per heavy atom. The number of ether oxygens (including phenoxy) is 2. The second-order valence-corrected chi connectivity index (χ2v) is 5.02. The highest BCUT2D eigenvalue weighted by Gasteiger charge is 2.08. The number of rotatable bonds is 11. The van der Waals surface area contributed by atoms with Gasteiger partial charge < -0.3 is 19.9 Å². The maximum Gasteiger partial charge on any atom is 0.146 e. The molecule has 0 radical (unpaired) electrons. The van der Waals surface area contributed by atoms with Crippen LogP contribution < -0.4 is 10.1 Å². The zero-order valence-corrected chi connectivity index (χ0v) is 12.9. The van der Waals surface area contributed by atoms with E-state index >= 15 is 0 Å². The molecule has 5 heteroatoms. The second-order valence-electron chi connectivity index (χ2n) is 5.02. The lowest BCUT2D eigenvalue weighted by atomic mass is 10.2. The van der Waals surface area contributed by atoms with Gasteiger partial charge in [-0.05, 0) is 18.6 Å². The number of unbranched alkanes of at least 4 members (excludes halogenated alkanes) is 3. The van der Waals surface area contributed by atoms with Crippen LogP contribution in [0.4, 0.5) is 10.1 Å². The minimum atomic E-state index is -0.665. The summed E-state index contributed by atoms with van der Waals surface area (Å²) in [6.45, 7) is 3.31. The minimum Gasteiger partial charge on any atom is -0.497 e. The van der Waals surface area contributed by atoms with Gasteiger partial charge in [-0.3, -0.25) is 0 Å². The fraction of sp³-hybridized carbons (Fsp3) is 0.625. The van der Waals surface area contributed by atoms with Crippen molar-refractivity contribution in [2.75, 3.05) is 32.2 Å². The maximum absolute atomic E-state index is 13.6. The SMILES string of the molecule is CCCCCCOCC(O)CNc1cc(OC)ccc1F. The third kappa shape index (κ3) is 7.29. The number of methoxy groups -OCH3 is 1. The lowest BCUT2D eigenvalue weighted by Gasteiger charge is -2.14. The highest BCUT2D eigenvalue weighted by molar-refractivity contribution is 5.49. The van der Waals surface area contributed by atoms with Crippen molar-refractivity contribution in [2.45, 2.75) is 38.7 Å². The van der Waals surface area contributed by atoms with Crippen molar-refractivity contribution in [1.82, 2.24) is 0 Å². The first-order valence-corrected chi connectivity index (χ1v) is 7.50. The molecule has 0 saturated carbocycles. The summed E-state index contributed by atoms with van der Waals surface area (Å²) in [7, 11) is 1.53. The van der Waals surface area contributed by atoms with E-state index in [1.807, 2.05) is 0 Å². The molecule has 1 unspecified atom stereocenters. The van der Waals surface area contributed by atoms with E-state index in [1.165, 1.54) is 26.0 Å². The van der Waals surface area contributed by atoms with Crippen LogP contribution in [-0.2, 0) is 4.74 Å². The second kappa shape index (κ2) is 10.4. The summed E-state index contributed by atoms with van der Waals surface area (Å²) in [4.78, 5) is 0. The van der Waals surface area contributed by atoms with Crippen LogP contribution in [-0.4, -0.2) is 38.1 Å². The molecule has 0 aliphatic rings. The molecule has 1 rings (SSSR count). The number of aliphatic hydroxyl groups is 1. The predicted octanol–water partition coefficient (Wildman–Crippen LogP) is 3.20. The molecule has 0 amide bonds. The van der Waals surface area contributed by atoms with Crippen molar-refractivity contribution in [3.8, 4) is 5.75 Å². The summed E-state index contributed by atoms with van der Waals surface area (Å²) in [5, 5.41) is 12.7. The van der Waals surface area contributed by atoms with Gasteiger partial charge in [-0.1, -0.05) is 26.2 Å². The Bertz CT molecular complexity index is 401. The zero-order valence-electron chi connectivity index (χ0n) is 12.9. The van der Waals surface area contributed by atoms with Crippen molar-refractivity contribution < 1.29 is 19.0 Å². The van der Waals surface area contributed by atoms with E-state index in [4.69, 9.17) is 9.47 Å². The van der Waals surface area contributed by atoms with Gasteiger partial charge in [0.1, 0.15) is 11.6 Å². The van der Waals surface area contributed by atoms with Gasteiger partial charge in [0.25, 0.3) is 0 Å². The molecule has 0 bridgehead atoms. The van der Waals surface area contributed by atoms with Crippen LogP contribution in [0.25, 0.3) is 0 Å². The molecule has 120 valence electrons. The van der Waals surface area contributed by atoms with Crippen LogP contribution in [0.2, 0.25) is 0 Å². The number of aliphatic hydroxyl groups excluding tert-OH is 1. The summed E-state index contributed by atoms with van der Waals surface area (Å²) in [6, 6.07) is 4.45. The average Bonchev–Trinajstić information content (AvgIpc) is 2.50. The van der Waals surface area contributed by atoms with E-state index < -0.39 is 6.10 Å². The van der Waals surface area contributed by atoms with Crippen LogP contribution in [0.5, 0.6) is 5.75 Å². The molecule has 4 nitrogen and oxygen atoms in total. The summed E-state index contributed by atoms with van der Waals surface area (Å²) >= 11 is 0. The van der Waals surface area contributed by atoms with Crippen molar-refractivity contribution in [3.63, 3.8) is 0 Å². The summed E-state index contributed by atoms with van der Waals surface area (Å²) < 4.78 is 24.0. The fourth-order valence-corrected chi connectivity index (χ4v) is 1.90. The van der Waals surface area contributed by atoms with Crippen molar-refractivity contribution in [1.29, 1.82) is 0 Å². The Morgan fingerprint density at radius 2 is 2.10 bits per heavy atom. The van der Waals surface area contributed by atoms with Crippen LogP contribution >= 0.6 is 0 Å². The van der Waals surface area contributed by atoms with E-state index in [0.29, 0.717) is 18.0 Å². The van der Waals surface area contributed by atoms with E-state index in [2.05, 4.69) is 12.2 Å². The maximum atomic E-state index is 13.6.